The van der Waals surface area contributed by atoms with Gasteiger partial charge in [-0.2, -0.15) is 0 Å². The van der Waals surface area contributed by atoms with Crippen LogP contribution in [0.15, 0.2) is 27.6 Å². The fourth-order valence-electron chi connectivity index (χ4n) is 2.33. The molecule has 2 heterocycles. The first-order chi connectivity index (χ1) is 10.3. The number of nitrogens with zero attached hydrogens (tertiary/aromatic N) is 1. The first-order valence-corrected chi connectivity index (χ1v) is 7.33. The van der Waals surface area contributed by atoms with Crippen molar-refractivity contribution in [3.05, 3.63) is 29.7 Å². The van der Waals surface area contributed by atoms with Crippen molar-refractivity contribution in [1.82, 2.24) is 0 Å². The van der Waals surface area contributed by atoms with Gasteiger partial charge >= 0.3 is 0 Å². The first-order valence-electron chi connectivity index (χ1n) is 7.33. The Balaban J connectivity index is 1.85. The number of rotatable bonds is 6. The maximum atomic E-state index is 5.59. The lowest BCUT2D eigenvalue weighted by molar-refractivity contribution is -0.284. The summed E-state index contributed by atoms with van der Waals surface area (Å²) in [5.41, 5.74) is 0. The second-order valence-electron chi connectivity index (χ2n) is 5.00. The van der Waals surface area contributed by atoms with E-state index in [0.717, 1.165) is 43.1 Å². The lowest BCUT2D eigenvalue weighted by Gasteiger charge is -2.07. The molecule has 1 unspecified atom stereocenters. The summed E-state index contributed by atoms with van der Waals surface area (Å²) in [4.78, 5) is 14.0. The zero-order valence-corrected chi connectivity index (χ0v) is 12.7. The molecular formula is C16H23NO4. The number of furan rings is 1. The summed E-state index contributed by atoms with van der Waals surface area (Å²) in [6, 6.07) is 4.11. The highest BCUT2D eigenvalue weighted by molar-refractivity contribution is 5.76. The van der Waals surface area contributed by atoms with Crippen LogP contribution >= 0.6 is 0 Å². The third-order valence-electron chi connectivity index (χ3n) is 3.43. The van der Waals surface area contributed by atoms with Crippen LogP contribution in [0.1, 0.15) is 43.6 Å². The Morgan fingerprint density at radius 1 is 1.33 bits per heavy atom. The highest BCUT2D eigenvalue weighted by Gasteiger charge is 2.12. The molecule has 0 spiro atoms. The van der Waals surface area contributed by atoms with Gasteiger partial charge in [0.25, 0.3) is 0 Å². The highest BCUT2D eigenvalue weighted by atomic mass is 17.2. The van der Waals surface area contributed by atoms with Crippen LogP contribution in [0.5, 0.6) is 0 Å². The predicted octanol–water partition coefficient (Wildman–Crippen LogP) is 3.75. The summed E-state index contributed by atoms with van der Waals surface area (Å²) in [6.07, 6.45) is 9.41. The van der Waals surface area contributed by atoms with Crippen LogP contribution in [-0.4, -0.2) is 26.2 Å². The van der Waals surface area contributed by atoms with Crippen molar-refractivity contribution in [3.63, 3.8) is 0 Å². The van der Waals surface area contributed by atoms with Crippen molar-refractivity contribution in [1.29, 1.82) is 0 Å². The van der Waals surface area contributed by atoms with Crippen LogP contribution < -0.4 is 0 Å². The number of hydrogen-bond acceptors (Lipinski definition) is 5. The molecule has 1 aliphatic rings. The molecule has 0 aliphatic carbocycles. The van der Waals surface area contributed by atoms with Gasteiger partial charge < -0.3 is 9.15 Å². The van der Waals surface area contributed by atoms with Gasteiger partial charge in [-0.1, -0.05) is 12.5 Å². The van der Waals surface area contributed by atoms with Crippen LogP contribution in [0.3, 0.4) is 0 Å². The Morgan fingerprint density at radius 2 is 2.24 bits per heavy atom. The van der Waals surface area contributed by atoms with E-state index >= 15 is 0 Å². The molecule has 0 aromatic carbocycles. The molecule has 0 saturated heterocycles. The maximum Gasteiger partial charge on any atom is 0.183 e. The van der Waals surface area contributed by atoms with E-state index < -0.39 is 0 Å². The minimum Gasteiger partial charge on any atom is -0.484 e. The van der Waals surface area contributed by atoms with Crippen LogP contribution in [0.2, 0.25) is 0 Å². The lowest BCUT2D eigenvalue weighted by atomic mass is 10.1. The van der Waals surface area contributed by atoms with E-state index in [9.17, 15) is 0 Å². The maximum absolute atomic E-state index is 5.59. The Kier molecular flexibility index (Phi) is 6.50. The molecule has 0 N–H and O–H groups in total. The van der Waals surface area contributed by atoms with Crippen molar-refractivity contribution in [2.24, 2.45) is 4.99 Å². The summed E-state index contributed by atoms with van der Waals surface area (Å²) in [5, 5.41) is 0. The third kappa shape index (κ3) is 5.36. The van der Waals surface area contributed by atoms with Gasteiger partial charge in [0, 0.05) is 6.42 Å². The molecule has 0 radical (unpaired) electrons. The topological polar surface area (TPSA) is 53.2 Å². The van der Waals surface area contributed by atoms with E-state index in [-0.39, 0.29) is 0 Å². The van der Waals surface area contributed by atoms with Gasteiger partial charge in [0.2, 0.25) is 0 Å². The number of aliphatic imine (C=N–C) groups is 1. The quantitative estimate of drug-likeness (QED) is 0.592. The Hall–Kier alpha value is -1.59. The zero-order chi connectivity index (χ0) is 14.9. The van der Waals surface area contributed by atoms with Gasteiger partial charge in [0.15, 0.2) is 5.90 Å². The average Bonchev–Trinajstić information content (AvgIpc) is 2.82. The van der Waals surface area contributed by atoms with Gasteiger partial charge in [-0.3, -0.25) is 4.99 Å². The second-order valence-corrected chi connectivity index (χ2v) is 5.00. The molecule has 1 aromatic rings. The zero-order valence-electron chi connectivity index (χ0n) is 12.7. The highest BCUT2D eigenvalue weighted by Crippen LogP contribution is 2.18. The number of ether oxygens (including phenoxy) is 1. The molecule has 0 fully saturated rings. The van der Waals surface area contributed by atoms with Crippen molar-refractivity contribution >= 4 is 12.0 Å². The van der Waals surface area contributed by atoms with Crippen molar-refractivity contribution in [2.75, 3.05) is 14.2 Å². The van der Waals surface area contributed by atoms with E-state index in [1.54, 1.807) is 7.11 Å². The Bertz CT molecular complexity index is 478. The molecule has 1 aliphatic heterocycles. The van der Waals surface area contributed by atoms with Crippen molar-refractivity contribution < 1.29 is 18.9 Å². The summed E-state index contributed by atoms with van der Waals surface area (Å²) in [6.45, 7) is 0.314. The van der Waals surface area contributed by atoms with E-state index in [2.05, 4.69) is 16.0 Å². The van der Waals surface area contributed by atoms with Gasteiger partial charge in [0.1, 0.15) is 18.1 Å². The van der Waals surface area contributed by atoms with Gasteiger partial charge in [0.05, 0.1) is 20.3 Å². The lowest BCUT2D eigenvalue weighted by Crippen LogP contribution is -2.06. The standard InChI is InChI=1S/C16H23NO4/c1-18-16-9-4-3-6-13(17-16)7-5-8-14-10-11-15(21-14)12-20-19-2/h5,8,10-11,13H,3-4,6-7,9,12H2,1-2H3. The molecule has 1 aromatic heterocycles. The number of methoxy groups -OCH3 is 1. The average molecular weight is 293 g/mol. The minimum absolute atomic E-state index is 0.310. The van der Waals surface area contributed by atoms with Crippen LogP contribution in [0, 0.1) is 0 Å². The minimum atomic E-state index is 0.310. The first kappa shape index (κ1) is 15.8. The van der Waals surface area contributed by atoms with Crippen molar-refractivity contribution in [3.8, 4) is 0 Å². The molecule has 0 saturated carbocycles. The summed E-state index contributed by atoms with van der Waals surface area (Å²) >= 11 is 0. The predicted molar refractivity (Wildman–Crippen MR) is 80.9 cm³/mol. The molecule has 2 rings (SSSR count). The van der Waals surface area contributed by atoms with E-state index in [4.69, 9.17) is 14.0 Å². The molecule has 5 heteroatoms. The van der Waals surface area contributed by atoms with E-state index in [0.29, 0.717) is 12.6 Å². The molecule has 0 bridgehead atoms. The monoisotopic (exact) mass is 293 g/mol. The van der Waals surface area contributed by atoms with E-state index in [1.165, 1.54) is 13.5 Å². The summed E-state index contributed by atoms with van der Waals surface area (Å²) in [7, 11) is 3.18. The summed E-state index contributed by atoms with van der Waals surface area (Å²) < 4.78 is 10.9. The molecule has 5 nitrogen and oxygen atoms in total. The molecular weight excluding hydrogens is 270 g/mol. The molecule has 0 amide bonds. The van der Waals surface area contributed by atoms with Gasteiger partial charge in [-0.05, 0) is 37.5 Å². The van der Waals surface area contributed by atoms with Crippen LogP contribution in [-0.2, 0) is 21.1 Å². The smallest absolute Gasteiger partial charge is 0.183 e. The van der Waals surface area contributed by atoms with E-state index in [1.807, 2.05) is 18.2 Å². The van der Waals surface area contributed by atoms with Crippen LogP contribution in [0.4, 0.5) is 0 Å². The van der Waals surface area contributed by atoms with Crippen LogP contribution in [0.25, 0.3) is 6.08 Å². The summed E-state index contributed by atoms with van der Waals surface area (Å²) in [5.74, 6) is 2.43. The fourth-order valence-corrected chi connectivity index (χ4v) is 2.33. The Morgan fingerprint density at radius 3 is 3.05 bits per heavy atom. The molecule has 21 heavy (non-hydrogen) atoms. The molecule has 116 valence electrons. The third-order valence-corrected chi connectivity index (χ3v) is 3.43. The second kappa shape index (κ2) is 8.64. The molecule has 1 atom stereocenters. The Labute approximate surface area is 125 Å². The normalized spacial score (nSPS) is 19.5. The SMILES string of the molecule is COOCc1ccc(C=CCC2CCCCC(OC)=N2)o1. The fraction of sp³-hybridized carbons (Fsp3) is 0.562. The largest absolute Gasteiger partial charge is 0.484 e. The number of hydrogen-bond donors (Lipinski definition) is 0. The van der Waals surface area contributed by atoms with Gasteiger partial charge in [-0.25, -0.2) is 9.78 Å². The van der Waals surface area contributed by atoms with Crippen molar-refractivity contribution in [2.45, 2.75) is 44.8 Å². The van der Waals surface area contributed by atoms with Gasteiger partial charge in [-0.15, -0.1) is 0 Å².